The summed E-state index contributed by atoms with van der Waals surface area (Å²) in [4.78, 5) is 38.2. The fraction of sp³-hybridized carbons (Fsp3) is 0.885. The highest BCUT2D eigenvalue weighted by molar-refractivity contribution is 5.71. The molecule has 0 radical (unpaired) electrons. The van der Waals surface area contributed by atoms with Gasteiger partial charge in [-0.05, 0) is 44.9 Å². The van der Waals surface area contributed by atoms with Crippen LogP contribution in [0.3, 0.4) is 0 Å². The zero-order valence-electron chi connectivity index (χ0n) is 45.2. The minimum atomic E-state index is -0.772. The number of ether oxygens (including phenoxy) is 3. The van der Waals surface area contributed by atoms with Crippen LogP contribution in [0.2, 0.25) is 0 Å². The van der Waals surface area contributed by atoms with Crippen molar-refractivity contribution in [2.75, 3.05) is 13.2 Å². The Kier molecular flexibility index (Phi) is 54.7. The van der Waals surface area contributed by atoms with Crippen LogP contribution >= 0.6 is 0 Å². The summed E-state index contributed by atoms with van der Waals surface area (Å²) in [7, 11) is 0. The van der Waals surface area contributed by atoms with Crippen LogP contribution in [0.4, 0.5) is 0 Å². The maximum atomic E-state index is 12.9. The SMILES string of the molecule is CCCC/C=C\C/C=C\CCCCCCCC(=O)OCC(COC(=O)CCCCCCCCCCCCCCCCCCCCC)OC(=O)CCCCCCCCCCCCCCCCCC. The maximum Gasteiger partial charge on any atom is 0.306 e. The molecule has 0 saturated heterocycles. The van der Waals surface area contributed by atoms with Gasteiger partial charge in [0.25, 0.3) is 0 Å². The van der Waals surface area contributed by atoms with E-state index in [1.165, 1.54) is 212 Å². The molecule has 67 heavy (non-hydrogen) atoms. The molecule has 0 N–H and O–H groups in total. The lowest BCUT2D eigenvalue weighted by Gasteiger charge is -2.18. The highest BCUT2D eigenvalue weighted by atomic mass is 16.6. The third-order valence-corrected chi connectivity index (χ3v) is 13.5. The van der Waals surface area contributed by atoms with Crippen molar-refractivity contribution < 1.29 is 28.6 Å². The van der Waals surface area contributed by atoms with Crippen LogP contribution in [0, 0.1) is 0 Å². The predicted molar refractivity (Wildman–Crippen MR) is 289 cm³/mol. The van der Waals surface area contributed by atoms with Crippen molar-refractivity contribution in [2.45, 2.75) is 335 Å². The number of unbranched alkanes of at least 4 members (excludes halogenated alkanes) is 40. The predicted octanol–water partition coefficient (Wildman–Crippen LogP) is 19.9. The quantitative estimate of drug-likeness (QED) is 0.0262. The molecule has 0 amide bonds. The Morgan fingerprint density at radius 3 is 0.866 bits per heavy atom. The minimum Gasteiger partial charge on any atom is -0.462 e. The second-order valence-electron chi connectivity index (χ2n) is 20.3. The van der Waals surface area contributed by atoms with Gasteiger partial charge in [-0.3, -0.25) is 14.4 Å². The summed E-state index contributed by atoms with van der Waals surface area (Å²) in [5, 5.41) is 0. The van der Waals surface area contributed by atoms with Gasteiger partial charge in [0.15, 0.2) is 6.10 Å². The number of rotatable bonds is 55. The first-order chi connectivity index (χ1) is 33.0. The molecule has 0 bridgehead atoms. The average molecular weight is 944 g/mol. The Balaban J connectivity index is 4.31. The molecule has 0 aliphatic rings. The van der Waals surface area contributed by atoms with Gasteiger partial charge in [0.05, 0.1) is 0 Å². The van der Waals surface area contributed by atoms with E-state index in [0.29, 0.717) is 19.3 Å². The Morgan fingerprint density at radius 2 is 0.552 bits per heavy atom. The normalized spacial score (nSPS) is 12.1. The van der Waals surface area contributed by atoms with Crippen molar-refractivity contribution in [2.24, 2.45) is 0 Å². The average Bonchev–Trinajstić information content (AvgIpc) is 3.33. The first-order valence-corrected chi connectivity index (χ1v) is 29.8. The van der Waals surface area contributed by atoms with Crippen molar-refractivity contribution in [3.05, 3.63) is 24.3 Å². The zero-order valence-corrected chi connectivity index (χ0v) is 45.2. The number of carbonyl (C=O) groups excluding carboxylic acids is 3. The van der Waals surface area contributed by atoms with Gasteiger partial charge in [-0.15, -0.1) is 0 Å². The number of hydrogen-bond donors (Lipinski definition) is 0. The van der Waals surface area contributed by atoms with Gasteiger partial charge >= 0.3 is 17.9 Å². The molecule has 6 heteroatoms. The molecule has 394 valence electrons. The Labute approximate surface area is 417 Å². The van der Waals surface area contributed by atoms with Gasteiger partial charge in [0.1, 0.15) is 13.2 Å². The molecule has 0 aromatic rings. The van der Waals surface area contributed by atoms with E-state index in [2.05, 4.69) is 45.1 Å². The van der Waals surface area contributed by atoms with E-state index in [-0.39, 0.29) is 31.1 Å². The van der Waals surface area contributed by atoms with Gasteiger partial charge in [0.2, 0.25) is 0 Å². The standard InChI is InChI=1S/C61H114O6/c1-4-7-10-13-16-19-22-25-28-30-31-32-34-36-39-42-45-48-51-54-60(63)66-57-58(56-65-59(62)53-50-47-44-41-38-35-27-24-21-18-15-12-9-6-3)67-61(64)55-52-49-46-43-40-37-33-29-26-23-20-17-14-11-8-5-2/h15,18,24,27,58H,4-14,16-17,19-23,25-26,28-57H2,1-3H3/b18-15-,27-24-. The van der Waals surface area contributed by atoms with Crippen molar-refractivity contribution in [3.63, 3.8) is 0 Å². The summed E-state index contributed by atoms with van der Waals surface area (Å²) >= 11 is 0. The van der Waals surface area contributed by atoms with Crippen molar-refractivity contribution in [1.82, 2.24) is 0 Å². The number of esters is 3. The summed E-state index contributed by atoms with van der Waals surface area (Å²) in [6.07, 6.45) is 66.0. The molecule has 0 aromatic carbocycles. The lowest BCUT2D eigenvalue weighted by molar-refractivity contribution is -0.167. The first kappa shape index (κ1) is 64.9. The molecule has 1 unspecified atom stereocenters. The van der Waals surface area contributed by atoms with Crippen molar-refractivity contribution in [3.8, 4) is 0 Å². The summed E-state index contributed by atoms with van der Waals surface area (Å²) in [6, 6.07) is 0. The van der Waals surface area contributed by atoms with E-state index in [9.17, 15) is 14.4 Å². The molecule has 0 fully saturated rings. The summed E-state index contributed by atoms with van der Waals surface area (Å²) < 4.78 is 16.9. The lowest BCUT2D eigenvalue weighted by Crippen LogP contribution is -2.30. The molecule has 0 aliphatic carbocycles. The lowest BCUT2D eigenvalue weighted by atomic mass is 10.0. The van der Waals surface area contributed by atoms with Crippen molar-refractivity contribution in [1.29, 1.82) is 0 Å². The summed E-state index contributed by atoms with van der Waals surface area (Å²) in [5.74, 6) is -0.861. The van der Waals surface area contributed by atoms with E-state index in [4.69, 9.17) is 14.2 Å². The molecule has 0 aromatic heterocycles. The minimum absolute atomic E-state index is 0.0699. The smallest absolute Gasteiger partial charge is 0.306 e. The molecule has 1 atom stereocenters. The second-order valence-corrected chi connectivity index (χ2v) is 20.3. The first-order valence-electron chi connectivity index (χ1n) is 29.8. The van der Waals surface area contributed by atoms with Gasteiger partial charge < -0.3 is 14.2 Å². The zero-order chi connectivity index (χ0) is 48.6. The maximum absolute atomic E-state index is 12.9. The van der Waals surface area contributed by atoms with Crippen LogP contribution < -0.4 is 0 Å². The van der Waals surface area contributed by atoms with Crippen LogP contribution in [0.15, 0.2) is 24.3 Å². The molecule has 0 heterocycles. The Hall–Kier alpha value is -2.11. The van der Waals surface area contributed by atoms with E-state index in [1.54, 1.807) is 0 Å². The summed E-state index contributed by atoms with van der Waals surface area (Å²) in [5.41, 5.74) is 0. The van der Waals surface area contributed by atoms with Crippen LogP contribution in [0.1, 0.15) is 329 Å². The third-order valence-electron chi connectivity index (χ3n) is 13.5. The van der Waals surface area contributed by atoms with Gasteiger partial charge in [-0.25, -0.2) is 0 Å². The highest BCUT2D eigenvalue weighted by Crippen LogP contribution is 2.17. The van der Waals surface area contributed by atoms with Crippen LogP contribution in [-0.4, -0.2) is 37.2 Å². The largest absolute Gasteiger partial charge is 0.462 e. The second kappa shape index (κ2) is 56.5. The third kappa shape index (κ3) is 54.7. The molecule has 0 aliphatic heterocycles. The Bertz CT molecular complexity index is 1080. The molecule has 0 saturated carbocycles. The molecule has 0 spiro atoms. The number of carbonyl (C=O) groups is 3. The summed E-state index contributed by atoms with van der Waals surface area (Å²) in [6.45, 7) is 6.65. The molecule has 6 nitrogen and oxygen atoms in total. The van der Waals surface area contributed by atoms with E-state index >= 15 is 0 Å². The van der Waals surface area contributed by atoms with E-state index in [1.807, 2.05) is 0 Å². The van der Waals surface area contributed by atoms with Crippen molar-refractivity contribution >= 4 is 17.9 Å². The van der Waals surface area contributed by atoms with E-state index < -0.39 is 6.10 Å². The fourth-order valence-electron chi connectivity index (χ4n) is 8.93. The van der Waals surface area contributed by atoms with Gasteiger partial charge in [0, 0.05) is 19.3 Å². The number of allylic oxidation sites excluding steroid dienone is 4. The van der Waals surface area contributed by atoms with E-state index in [0.717, 1.165) is 77.0 Å². The van der Waals surface area contributed by atoms with Crippen LogP contribution in [-0.2, 0) is 28.6 Å². The number of hydrogen-bond acceptors (Lipinski definition) is 6. The Morgan fingerprint density at radius 1 is 0.299 bits per heavy atom. The van der Waals surface area contributed by atoms with Gasteiger partial charge in [-0.1, -0.05) is 289 Å². The van der Waals surface area contributed by atoms with Gasteiger partial charge in [-0.2, -0.15) is 0 Å². The topological polar surface area (TPSA) is 78.9 Å². The monoisotopic (exact) mass is 943 g/mol. The van der Waals surface area contributed by atoms with Crippen LogP contribution in [0.5, 0.6) is 0 Å². The fourth-order valence-corrected chi connectivity index (χ4v) is 8.93. The molecule has 0 rings (SSSR count). The highest BCUT2D eigenvalue weighted by Gasteiger charge is 2.19. The van der Waals surface area contributed by atoms with Crippen LogP contribution in [0.25, 0.3) is 0 Å². The molecular weight excluding hydrogens is 829 g/mol. The molecular formula is C61H114O6.